The van der Waals surface area contributed by atoms with Crippen LogP contribution < -0.4 is 0 Å². The van der Waals surface area contributed by atoms with E-state index in [1.54, 1.807) is 26.0 Å². The van der Waals surface area contributed by atoms with E-state index in [0.717, 1.165) is 0 Å². The standard InChI is InChI=1S/C17H22O5/c1-9-3-14-16(21,15(9)20)7-11(8-18)5-12-6-13(19)4-10(2)17(12,14)22/h3,5,10,12,14,18,21-22H,4,6-8H2,1-2H3/t10-,12+,14+,16-,17-/m1/s1. The molecule has 5 heteroatoms. The molecule has 3 aliphatic rings. The van der Waals surface area contributed by atoms with Gasteiger partial charge in [0, 0.05) is 31.1 Å². The Kier molecular flexibility index (Phi) is 3.43. The molecule has 0 bridgehead atoms. The number of carbonyl (C=O) groups excluding carboxylic acids is 2. The van der Waals surface area contributed by atoms with Crippen molar-refractivity contribution < 1.29 is 24.9 Å². The van der Waals surface area contributed by atoms with Crippen LogP contribution in [0.3, 0.4) is 0 Å². The molecule has 3 rings (SSSR count). The van der Waals surface area contributed by atoms with Crippen LogP contribution in [0.15, 0.2) is 23.3 Å². The summed E-state index contributed by atoms with van der Waals surface area (Å²) in [5, 5.41) is 32.0. The minimum absolute atomic E-state index is 0.000556. The number of carbonyl (C=O) groups is 2. The summed E-state index contributed by atoms with van der Waals surface area (Å²) >= 11 is 0. The van der Waals surface area contributed by atoms with Crippen LogP contribution >= 0.6 is 0 Å². The molecule has 0 spiro atoms. The highest BCUT2D eigenvalue weighted by Gasteiger charge is 2.63. The van der Waals surface area contributed by atoms with Crippen LogP contribution in [0.1, 0.15) is 33.1 Å². The van der Waals surface area contributed by atoms with Crippen molar-refractivity contribution in [3.63, 3.8) is 0 Å². The van der Waals surface area contributed by atoms with Gasteiger partial charge in [0.25, 0.3) is 0 Å². The Morgan fingerprint density at radius 1 is 1.23 bits per heavy atom. The Bertz CT molecular complexity index is 604. The quantitative estimate of drug-likeness (QED) is 0.614. The van der Waals surface area contributed by atoms with Crippen molar-refractivity contribution in [2.24, 2.45) is 17.8 Å². The van der Waals surface area contributed by atoms with E-state index in [1.807, 2.05) is 0 Å². The van der Waals surface area contributed by atoms with Gasteiger partial charge in [-0.2, -0.15) is 0 Å². The van der Waals surface area contributed by atoms with Crippen LogP contribution in [-0.2, 0) is 9.59 Å². The van der Waals surface area contributed by atoms with E-state index in [2.05, 4.69) is 0 Å². The Labute approximate surface area is 129 Å². The zero-order valence-electron chi connectivity index (χ0n) is 12.9. The molecule has 0 radical (unpaired) electrons. The van der Waals surface area contributed by atoms with Crippen LogP contribution in [0.5, 0.6) is 0 Å². The highest BCUT2D eigenvalue weighted by Crippen LogP contribution is 2.53. The molecule has 0 aromatic heterocycles. The normalized spacial score (nSPS) is 44.9. The summed E-state index contributed by atoms with van der Waals surface area (Å²) in [6.45, 7) is 3.12. The summed E-state index contributed by atoms with van der Waals surface area (Å²) in [5.74, 6) is -1.93. The number of aliphatic hydroxyl groups is 3. The Morgan fingerprint density at radius 3 is 2.55 bits per heavy atom. The molecule has 22 heavy (non-hydrogen) atoms. The fraction of sp³-hybridized carbons (Fsp3) is 0.647. The van der Waals surface area contributed by atoms with E-state index in [-0.39, 0.29) is 37.6 Å². The summed E-state index contributed by atoms with van der Waals surface area (Å²) in [5.41, 5.74) is -2.14. The molecule has 3 N–H and O–H groups in total. The predicted octanol–water partition coefficient (Wildman–Crippen LogP) is 0.531. The minimum atomic E-state index is -1.73. The summed E-state index contributed by atoms with van der Waals surface area (Å²) < 4.78 is 0. The van der Waals surface area contributed by atoms with E-state index in [4.69, 9.17) is 0 Å². The Morgan fingerprint density at radius 2 is 1.91 bits per heavy atom. The number of hydrogen-bond acceptors (Lipinski definition) is 5. The molecule has 1 saturated carbocycles. The molecule has 120 valence electrons. The molecule has 0 aliphatic heterocycles. The lowest BCUT2D eigenvalue weighted by Gasteiger charge is -2.48. The van der Waals surface area contributed by atoms with Crippen molar-refractivity contribution in [3.8, 4) is 0 Å². The van der Waals surface area contributed by atoms with Gasteiger partial charge in [0.15, 0.2) is 5.78 Å². The maximum atomic E-state index is 12.5. The van der Waals surface area contributed by atoms with Gasteiger partial charge >= 0.3 is 0 Å². The fourth-order valence-electron chi connectivity index (χ4n) is 4.54. The first kappa shape index (κ1) is 15.6. The van der Waals surface area contributed by atoms with Gasteiger partial charge in [0.05, 0.1) is 12.2 Å². The van der Waals surface area contributed by atoms with Crippen LogP contribution in [0.2, 0.25) is 0 Å². The predicted molar refractivity (Wildman–Crippen MR) is 78.8 cm³/mol. The number of Topliss-reactive ketones (excluding diaryl/α,β-unsaturated/α-hetero) is 2. The van der Waals surface area contributed by atoms with Gasteiger partial charge in [0.1, 0.15) is 11.4 Å². The van der Waals surface area contributed by atoms with Crippen LogP contribution in [0.25, 0.3) is 0 Å². The zero-order valence-corrected chi connectivity index (χ0v) is 12.9. The number of fused-ring (bicyclic) bond motifs is 3. The molecular formula is C17H22O5. The second-order valence-electron chi connectivity index (χ2n) is 7.08. The summed E-state index contributed by atoms with van der Waals surface area (Å²) in [7, 11) is 0. The first-order valence-corrected chi connectivity index (χ1v) is 7.73. The molecule has 1 fully saturated rings. The topological polar surface area (TPSA) is 94.8 Å². The second-order valence-corrected chi connectivity index (χ2v) is 7.08. The summed E-state index contributed by atoms with van der Waals surface area (Å²) in [6, 6.07) is 0. The van der Waals surface area contributed by atoms with E-state index in [1.165, 1.54) is 0 Å². The van der Waals surface area contributed by atoms with Gasteiger partial charge < -0.3 is 15.3 Å². The third kappa shape index (κ3) is 1.89. The van der Waals surface area contributed by atoms with Gasteiger partial charge in [-0.3, -0.25) is 9.59 Å². The van der Waals surface area contributed by atoms with Crippen molar-refractivity contribution in [1.82, 2.24) is 0 Å². The number of rotatable bonds is 1. The van der Waals surface area contributed by atoms with Crippen LogP contribution in [0.4, 0.5) is 0 Å². The minimum Gasteiger partial charge on any atom is -0.392 e. The Hall–Kier alpha value is -1.30. The molecule has 5 atom stereocenters. The van der Waals surface area contributed by atoms with Gasteiger partial charge in [0.2, 0.25) is 0 Å². The van der Waals surface area contributed by atoms with Gasteiger partial charge in [-0.25, -0.2) is 0 Å². The third-order valence-corrected chi connectivity index (χ3v) is 5.68. The highest BCUT2D eigenvalue weighted by atomic mass is 16.3. The lowest BCUT2D eigenvalue weighted by atomic mass is 9.60. The molecular weight excluding hydrogens is 284 g/mol. The largest absolute Gasteiger partial charge is 0.392 e. The molecule has 0 aromatic carbocycles. The van der Waals surface area contributed by atoms with E-state index >= 15 is 0 Å². The van der Waals surface area contributed by atoms with Crippen LogP contribution in [0, 0.1) is 17.8 Å². The number of hydrogen-bond donors (Lipinski definition) is 3. The van der Waals surface area contributed by atoms with Gasteiger partial charge in [-0.1, -0.05) is 19.1 Å². The average molecular weight is 306 g/mol. The zero-order chi connectivity index (χ0) is 16.3. The lowest BCUT2D eigenvalue weighted by molar-refractivity contribution is -0.170. The SMILES string of the molecule is CC1=C[C@@H]2[C@@]3(O)[C@H](C)CC(=O)C[C@@H]3C=C(CO)C[C@]2(O)C1=O. The first-order valence-electron chi connectivity index (χ1n) is 7.73. The average Bonchev–Trinajstić information content (AvgIpc) is 2.62. The van der Waals surface area contributed by atoms with Crippen molar-refractivity contribution in [3.05, 3.63) is 23.3 Å². The van der Waals surface area contributed by atoms with Crippen molar-refractivity contribution in [2.45, 2.75) is 44.3 Å². The molecule has 0 heterocycles. The van der Waals surface area contributed by atoms with E-state index in [9.17, 15) is 24.9 Å². The molecule has 0 unspecified atom stereocenters. The monoisotopic (exact) mass is 306 g/mol. The molecule has 0 aromatic rings. The van der Waals surface area contributed by atoms with Gasteiger partial charge in [-0.15, -0.1) is 0 Å². The first-order chi connectivity index (χ1) is 10.2. The third-order valence-electron chi connectivity index (χ3n) is 5.68. The maximum absolute atomic E-state index is 12.5. The molecule has 0 amide bonds. The molecule has 0 saturated heterocycles. The van der Waals surface area contributed by atoms with Gasteiger partial charge in [-0.05, 0) is 24.0 Å². The maximum Gasteiger partial charge on any atom is 0.190 e. The van der Waals surface area contributed by atoms with E-state index in [0.29, 0.717) is 11.1 Å². The summed E-state index contributed by atoms with van der Waals surface area (Å²) in [6.07, 6.45) is 3.76. The second kappa shape index (κ2) is 4.85. The molecule has 5 nitrogen and oxygen atoms in total. The van der Waals surface area contributed by atoms with Crippen molar-refractivity contribution in [2.75, 3.05) is 6.61 Å². The number of ketones is 2. The lowest BCUT2D eigenvalue weighted by Crippen LogP contribution is -2.59. The Balaban J connectivity index is 2.18. The summed E-state index contributed by atoms with van der Waals surface area (Å²) in [4.78, 5) is 24.4. The molecule has 3 aliphatic carbocycles. The smallest absolute Gasteiger partial charge is 0.190 e. The highest BCUT2D eigenvalue weighted by molar-refractivity contribution is 6.05. The van der Waals surface area contributed by atoms with Crippen LogP contribution in [-0.4, -0.2) is 44.7 Å². The van der Waals surface area contributed by atoms with E-state index < -0.39 is 28.8 Å². The number of aliphatic hydroxyl groups excluding tert-OH is 1. The van der Waals surface area contributed by atoms with Crippen molar-refractivity contribution in [1.29, 1.82) is 0 Å². The van der Waals surface area contributed by atoms with Crippen molar-refractivity contribution >= 4 is 11.6 Å². The fourth-order valence-corrected chi connectivity index (χ4v) is 4.54.